The molecule has 0 aliphatic heterocycles. The third kappa shape index (κ3) is 4.50. The van der Waals surface area contributed by atoms with E-state index in [1.165, 1.54) is 18.2 Å². The molecule has 0 bridgehead atoms. The largest absolute Gasteiger partial charge is 0.508 e. The van der Waals surface area contributed by atoms with E-state index in [1.807, 2.05) is 0 Å². The number of aliphatic carboxylic acids is 1. The molecule has 2 aromatic rings. The molecule has 0 saturated carbocycles. The molecule has 0 saturated heterocycles. The summed E-state index contributed by atoms with van der Waals surface area (Å²) in [6.07, 6.45) is 0.102. The van der Waals surface area contributed by atoms with Gasteiger partial charge in [-0.05, 0) is 37.6 Å². The van der Waals surface area contributed by atoms with Crippen LogP contribution >= 0.6 is 0 Å². The Morgan fingerprint density at radius 3 is 2.39 bits per heavy atom. The number of carboxylic acid groups (broad SMARTS) is 1. The third-order valence-electron chi connectivity index (χ3n) is 3.18. The number of nitrogens with one attached hydrogen (secondary N) is 1. The molecule has 7 heteroatoms. The molecule has 0 fully saturated rings. The number of carbonyl (C=O) groups excluding carboxylic acids is 1. The molecule has 1 atom stereocenters. The molecule has 0 spiro atoms. The van der Waals surface area contributed by atoms with Crippen LogP contribution in [0.5, 0.6) is 5.75 Å². The maximum Gasteiger partial charge on any atom is 0.326 e. The Hall–Kier alpha value is -2.96. The van der Waals surface area contributed by atoms with E-state index in [0.29, 0.717) is 17.1 Å². The number of amides is 1. The van der Waals surface area contributed by atoms with Crippen molar-refractivity contribution >= 4 is 11.9 Å². The quantitative estimate of drug-likeness (QED) is 0.765. The molecule has 2 rings (SSSR count). The smallest absolute Gasteiger partial charge is 0.326 e. The van der Waals surface area contributed by atoms with Crippen LogP contribution in [0.2, 0.25) is 0 Å². The minimum atomic E-state index is -1.14. The number of hydrogen-bond donors (Lipinski definition) is 3. The Morgan fingerprint density at radius 2 is 1.83 bits per heavy atom. The zero-order valence-corrected chi connectivity index (χ0v) is 12.8. The van der Waals surface area contributed by atoms with Crippen molar-refractivity contribution < 1.29 is 19.8 Å². The van der Waals surface area contributed by atoms with Crippen molar-refractivity contribution in [3.63, 3.8) is 0 Å². The van der Waals surface area contributed by atoms with Crippen LogP contribution in [0.1, 0.15) is 27.6 Å². The number of phenols is 1. The first kappa shape index (κ1) is 16.4. The number of carboxylic acids is 1. The number of hydrogen-bond acceptors (Lipinski definition) is 5. The van der Waals surface area contributed by atoms with Crippen molar-refractivity contribution in [2.24, 2.45) is 0 Å². The van der Waals surface area contributed by atoms with Gasteiger partial charge < -0.3 is 15.5 Å². The summed E-state index contributed by atoms with van der Waals surface area (Å²) in [7, 11) is 0. The molecule has 3 N–H and O–H groups in total. The molecule has 0 aliphatic carbocycles. The molecule has 0 aliphatic rings. The summed E-state index contributed by atoms with van der Waals surface area (Å²) in [4.78, 5) is 31.7. The van der Waals surface area contributed by atoms with Crippen LogP contribution < -0.4 is 5.32 Å². The van der Waals surface area contributed by atoms with Gasteiger partial charge >= 0.3 is 5.97 Å². The van der Waals surface area contributed by atoms with Crippen LogP contribution in [0.4, 0.5) is 0 Å². The van der Waals surface area contributed by atoms with Gasteiger partial charge in [-0.15, -0.1) is 0 Å². The van der Waals surface area contributed by atoms with Gasteiger partial charge in [0.25, 0.3) is 5.91 Å². The maximum absolute atomic E-state index is 12.2. The number of benzene rings is 1. The SMILES string of the molecule is Cc1cc(C(=O)N[C@@H](Cc2ccc(O)cc2)C(=O)O)nc(C)n1. The van der Waals surface area contributed by atoms with Crippen LogP contribution in [0.25, 0.3) is 0 Å². The normalized spacial score (nSPS) is 11.7. The number of aromatic hydroxyl groups is 1. The van der Waals surface area contributed by atoms with Gasteiger partial charge in [-0.2, -0.15) is 0 Å². The van der Waals surface area contributed by atoms with E-state index in [4.69, 9.17) is 0 Å². The van der Waals surface area contributed by atoms with Crippen LogP contribution in [0.3, 0.4) is 0 Å². The predicted octanol–water partition coefficient (Wildman–Crippen LogP) is 1.22. The third-order valence-corrected chi connectivity index (χ3v) is 3.18. The van der Waals surface area contributed by atoms with Crippen molar-refractivity contribution in [3.05, 3.63) is 53.1 Å². The Balaban J connectivity index is 2.14. The lowest BCUT2D eigenvalue weighted by molar-refractivity contribution is -0.139. The molecule has 1 amide bonds. The number of nitrogens with zero attached hydrogens (tertiary/aromatic N) is 2. The molecular weight excluding hydrogens is 298 g/mol. The van der Waals surface area contributed by atoms with Gasteiger partial charge in [0, 0.05) is 12.1 Å². The highest BCUT2D eigenvalue weighted by Crippen LogP contribution is 2.12. The lowest BCUT2D eigenvalue weighted by Gasteiger charge is -2.14. The van der Waals surface area contributed by atoms with E-state index >= 15 is 0 Å². The number of phenolic OH excluding ortho intramolecular Hbond substituents is 1. The van der Waals surface area contributed by atoms with Gasteiger partial charge in [0.1, 0.15) is 23.3 Å². The first-order valence-electron chi connectivity index (χ1n) is 6.99. The van der Waals surface area contributed by atoms with E-state index in [0.717, 1.165) is 0 Å². The molecule has 0 unspecified atom stereocenters. The predicted molar refractivity (Wildman–Crippen MR) is 82.2 cm³/mol. The molecule has 120 valence electrons. The van der Waals surface area contributed by atoms with E-state index in [2.05, 4.69) is 15.3 Å². The van der Waals surface area contributed by atoms with Crippen LogP contribution in [-0.4, -0.2) is 38.1 Å². The highest BCUT2D eigenvalue weighted by Gasteiger charge is 2.22. The topological polar surface area (TPSA) is 112 Å². The second-order valence-electron chi connectivity index (χ2n) is 5.18. The van der Waals surface area contributed by atoms with E-state index in [9.17, 15) is 19.8 Å². The number of aromatic nitrogens is 2. The second kappa shape index (κ2) is 6.87. The van der Waals surface area contributed by atoms with Crippen molar-refractivity contribution in [2.75, 3.05) is 0 Å². The van der Waals surface area contributed by atoms with Crippen molar-refractivity contribution in [1.29, 1.82) is 0 Å². The summed E-state index contributed by atoms with van der Waals surface area (Å²) >= 11 is 0. The molecule has 7 nitrogen and oxygen atoms in total. The first-order valence-corrected chi connectivity index (χ1v) is 6.99. The summed E-state index contributed by atoms with van der Waals surface area (Å²) < 4.78 is 0. The van der Waals surface area contributed by atoms with E-state index < -0.39 is 17.9 Å². The Kier molecular flexibility index (Phi) is 4.90. The summed E-state index contributed by atoms with van der Waals surface area (Å²) in [5.74, 6) is -1.17. The minimum absolute atomic E-state index is 0.0941. The first-order chi connectivity index (χ1) is 10.8. The summed E-state index contributed by atoms with van der Waals surface area (Å²) in [5, 5.41) is 21.0. The minimum Gasteiger partial charge on any atom is -0.508 e. The van der Waals surface area contributed by atoms with Gasteiger partial charge in [0.15, 0.2) is 0 Å². The number of carbonyl (C=O) groups is 2. The van der Waals surface area contributed by atoms with Crippen LogP contribution in [-0.2, 0) is 11.2 Å². The lowest BCUT2D eigenvalue weighted by Crippen LogP contribution is -2.42. The number of rotatable bonds is 5. The van der Waals surface area contributed by atoms with Gasteiger partial charge in [-0.3, -0.25) is 4.79 Å². The fraction of sp³-hybridized carbons (Fsp3) is 0.250. The van der Waals surface area contributed by atoms with Gasteiger partial charge in [0.2, 0.25) is 0 Å². The monoisotopic (exact) mass is 315 g/mol. The van der Waals surface area contributed by atoms with Gasteiger partial charge in [-0.1, -0.05) is 12.1 Å². The fourth-order valence-corrected chi connectivity index (χ4v) is 2.13. The zero-order valence-electron chi connectivity index (χ0n) is 12.8. The van der Waals surface area contributed by atoms with E-state index in [-0.39, 0.29) is 17.9 Å². The van der Waals surface area contributed by atoms with Gasteiger partial charge in [0.05, 0.1) is 0 Å². The Morgan fingerprint density at radius 1 is 1.17 bits per heavy atom. The molecule has 1 aromatic heterocycles. The van der Waals surface area contributed by atoms with Crippen molar-refractivity contribution in [1.82, 2.24) is 15.3 Å². The zero-order chi connectivity index (χ0) is 17.0. The summed E-state index contributed by atoms with van der Waals surface area (Å²) in [5.41, 5.74) is 1.45. The Labute approximate surface area is 133 Å². The summed E-state index contributed by atoms with van der Waals surface area (Å²) in [6, 6.07) is 6.55. The highest BCUT2D eigenvalue weighted by atomic mass is 16.4. The Bertz CT molecular complexity index is 708. The van der Waals surface area contributed by atoms with Crippen LogP contribution in [0, 0.1) is 13.8 Å². The molecular formula is C16H17N3O4. The molecule has 1 aromatic carbocycles. The fourth-order valence-electron chi connectivity index (χ4n) is 2.13. The standard InChI is InChI=1S/C16H17N3O4/c1-9-7-13(18-10(2)17-9)15(21)19-14(16(22)23)8-11-3-5-12(20)6-4-11/h3-7,14,20H,8H2,1-2H3,(H,19,21)(H,22,23)/t14-/m0/s1. The van der Waals surface area contributed by atoms with Crippen molar-refractivity contribution in [3.8, 4) is 5.75 Å². The van der Waals surface area contributed by atoms with Crippen LogP contribution in [0.15, 0.2) is 30.3 Å². The maximum atomic E-state index is 12.2. The molecule has 0 radical (unpaired) electrons. The van der Waals surface area contributed by atoms with Crippen molar-refractivity contribution in [2.45, 2.75) is 26.3 Å². The molecule has 23 heavy (non-hydrogen) atoms. The average molecular weight is 315 g/mol. The molecule has 1 heterocycles. The number of aryl methyl sites for hydroxylation is 2. The van der Waals surface area contributed by atoms with E-state index in [1.54, 1.807) is 26.0 Å². The highest BCUT2D eigenvalue weighted by molar-refractivity contribution is 5.95. The van der Waals surface area contributed by atoms with Gasteiger partial charge in [-0.25, -0.2) is 14.8 Å². The lowest BCUT2D eigenvalue weighted by atomic mass is 10.1. The second-order valence-corrected chi connectivity index (χ2v) is 5.18. The average Bonchev–Trinajstić information content (AvgIpc) is 2.47. The summed E-state index contributed by atoms with van der Waals surface area (Å²) in [6.45, 7) is 3.39.